The molecule has 8 rings (SSSR count). The molecule has 0 bridgehead atoms. The van der Waals surface area contributed by atoms with Crippen LogP contribution in [-0.4, -0.2) is 14.4 Å². The van der Waals surface area contributed by atoms with Gasteiger partial charge in [-0.15, -0.1) is 0 Å². The quantitative estimate of drug-likeness (QED) is 0.179. The first-order valence-corrected chi connectivity index (χ1v) is 15.8. The molecule has 39 heavy (non-hydrogen) atoms. The fraction of sp³-hybridized carbons (Fsp3) is 0. The molecular weight excluding hydrogens is 513 g/mol. The maximum absolute atomic E-state index is 6.89. The van der Waals surface area contributed by atoms with Gasteiger partial charge in [-0.3, -0.25) is 9.38 Å². The van der Waals surface area contributed by atoms with Gasteiger partial charge in [-0.05, 0) is 41.0 Å². The summed E-state index contributed by atoms with van der Waals surface area (Å²) in [6.45, 7) is 0. The van der Waals surface area contributed by atoms with Gasteiger partial charge in [0.05, 0.1) is 22.1 Å². The molecule has 5 aromatic carbocycles. The molecular formula is C34H22N3PS. The summed E-state index contributed by atoms with van der Waals surface area (Å²) in [6.07, 6.45) is 2.00. The van der Waals surface area contributed by atoms with E-state index >= 15 is 0 Å². The molecule has 0 N–H and O–H groups in total. The Labute approximate surface area is 230 Å². The summed E-state index contributed by atoms with van der Waals surface area (Å²) >= 11 is 6.89. The molecule has 0 aliphatic rings. The summed E-state index contributed by atoms with van der Waals surface area (Å²) in [6, 6.07) is 42.1. The molecule has 1 atom stereocenters. The predicted octanol–water partition coefficient (Wildman–Crippen LogP) is 7.10. The predicted molar refractivity (Wildman–Crippen MR) is 169 cm³/mol. The fourth-order valence-corrected chi connectivity index (χ4v) is 9.83. The molecule has 1 unspecified atom stereocenters. The van der Waals surface area contributed by atoms with E-state index in [1.54, 1.807) is 0 Å². The molecule has 0 spiro atoms. The van der Waals surface area contributed by atoms with Crippen LogP contribution < -0.4 is 15.9 Å². The van der Waals surface area contributed by atoms with Gasteiger partial charge >= 0.3 is 0 Å². The van der Waals surface area contributed by atoms with Crippen molar-refractivity contribution in [1.29, 1.82) is 0 Å². The molecule has 0 saturated heterocycles. The number of hydrogen-bond acceptors (Lipinski definition) is 3. The Balaban J connectivity index is 1.59. The zero-order chi connectivity index (χ0) is 26.0. The lowest BCUT2D eigenvalue weighted by molar-refractivity contribution is 1.32. The average molecular weight is 536 g/mol. The van der Waals surface area contributed by atoms with E-state index in [0.717, 1.165) is 54.4 Å². The third kappa shape index (κ3) is 3.26. The number of aromatic nitrogens is 3. The number of pyridine rings is 2. The smallest absolute Gasteiger partial charge is 0.147 e. The molecule has 3 heterocycles. The first-order valence-electron chi connectivity index (χ1n) is 13.0. The minimum Gasteiger partial charge on any atom is -0.292 e. The number of hydrogen-bond donors (Lipinski definition) is 0. The SMILES string of the molecule is S=P(c1ccccc1)(c1cnc2ccccc2c1)c1cccc2c3ccccc3n3c4ccccc4nc3c12. The van der Waals surface area contributed by atoms with Crippen molar-refractivity contribution in [1.82, 2.24) is 14.4 Å². The van der Waals surface area contributed by atoms with Crippen LogP contribution in [-0.2, 0) is 11.8 Å². The van der Waals surface area contributed by atoms with E-state index in [1.165, 1.54) is 10.8 Å². The van der Waals surface area contributed by atoms with Crippen LogP contribution in [0.15, 0.2) is 134 Å². The Kier molecular flexibility index (Phi) is 4.97. The van der Waals surface area contributed by atoms with Crippen LogP contribution in [0.3, 0.4) is 0 Å². The zero-order valence-electron chi connectivity index (χ0n) is 20.9. The topological polar surface area (TPSA) is 30.2 Å². The highest BCUT2D eigenvalue weighted by Gasteiger charge is 2.29. The summed E-state index contributed by atoms with van der Waals surface area (Å²) in [7, 11) is 0. The Morgan fingerprint density at radius 3 is 2.15 bits per heavy atom. The second-order valence-electron chi connectivity index (χ2n) is 9.81. The highest BCUT2D eigenvalue weighted by Crippen LogP contribution is 2.46. The van der Waals surface area contributed by atoms with Gasteiger partial charge in [-0.1, -0.05) is 109 Å². The highest BCUT2D eigenvalue weighted by atomic mass is 32.4. The molecule has 0 aliphatic heterocycles. The van der Waals surface area contributed by atoms with Crippen molar-refractivity contribution in [2.24, 2.45) is 0 Å². The fourth-order valence-electron chi connectivity index (χ4n) is 5.89. The molecule has 3 aromatic heterocycles. The highest BCUT2D eigenvalue weighted by molar-refractivity contribution is 8.25. The molecule has 5 heteroatoms. The van der Waals surface area contributed by atoms with E-state index in [2.05, 4.69) is 126 Å². The minimum absolute atomic E-state index is 0.944. The monoisotopic (exact) mass is 535 g/mol. The second kappa shape index (κ2) is 8.57. The Morgan fingerprint density at radius 1 is 0.590 bits per heavy atom. The van der Waals surface area contributed by atoms with Crippen molar-refractivity contribution < 1.29 is 0 Å². The third-order valence-corrected chi connectivity index (χ3v) is 12.6. The Hall–Kier alpha value is -4.37. The van der Waals surface area contributed by atoms with E-state index in [1.807, 2.05) is 12.3 Å². The van der Waals surface area contributed by atoms with Gasteiger partial charge in [0.2, 0.25) is 0 Å². The summed E-state index contributed by atoms with van der Waals surface area (Å²) in [5, 5.41) is 7.95. The summed E-state index contributed by atoms with van der Waals surface area (Å²) in [4.78, 5) is 10.1. The van der Waals surface area contributed by atoms with Crippen molar-refractivity contribution in [2.75, 3.05) is 0 Å². The van der Waals surface area contributed by atoms with Gasteiger partial charge in [0.1, 0.15) is 5.65 Å². The number of benzene rings is 5. The van der Waals surface area contributed by atoms with E-state index in [4.69, 9.17) is 21.8 Å². The maximum atomic E-state index is 6.89. The second-order valence-corrected chi connectivity index (χ2v) is 14.2. The lowest BCUT2D eigenvalue weighted by Gasteiger charge is -2.26. The van der Waals surface area contributed by atoms with Crippen LogP contribution in [0.4, 0.5) is 0 Å². The van der Waals surface area contributed by atoms with Gasteiger partial charge in [-0.2, -0.15) is 0 Å². The molecule has 0 aliphatic carbocycles. The molecule has 0 amide bonds. The molecule has 184 valence electrons. The minimum atomic E-state index is -2.53. The zero-order valence-corrected chi connectivity index (χ0v) is 22.6. The van der Waals surface area contributed by atoms with Crippen LogP contribution in [0.25, 0.3) is 49.3 Å². The van der Waals surface area contributed by atoms with Crippen LogP contribution in [0.2, 0.25) is 0 Å². The summed E-state index contributed by atoms with van der Waals surface area (Å²) < 4.78 is 2.31. The third-order valence-electron chi connectivity index (χ3n) is 7.66. The van der Waals surface area contributed by atoms with E-state index in [-0.39, 0.29) is 0 Å². The van der Waals surface area contributed by atoms with E-state index < -0.39 is 6.04 Å². The molecule has 0 saturated carbocycles. The normalized spacial score (nSPS) is 13.4. The van der Waals surface area contributed by atoms with Crippen molar-refractivity contribution in [2.45, 2.75) is 0 Å². The number of para-hydroxylation sites is 4. The molecule has 8 aromatic rings. The molecule has 0 fully saturated rings. The van der Waals surface area contributed by atoms with Crippen LogP contribution in [0.5, 0.6) is 0 Å². The maximum Gasteiger partial charge on any atom is 0.147 e. The standard InChI is InChI=1S/C34H22N3PS/c39-38(24-12-2-1-3-13-24,25-21-23-11-4-6-16-28(23)35-22-25)32-20-10-15-27-26-14-5-8-18-30(26)37-31-19-9-7-17-29(31)36-34(37)33(27)32/h1-22H. The van der Waals surface area contributed by atoms with Gasteiger partial charge < -0.3 is 0 Å². The number of rotatable bonds is 3. The van der Waals surface area contributed by atoms with Crippen LogP contribution in [0.1, 0.15) is 0 Å². The summed E-state index contributed by atoms with van der Waals surface area (Å²) in [5.41, 5.74) is 5.14. The van der Waals surface area contributed by atoms with Crippen LogP contribution in [0, 0.1) is 0 Å². The van der Waals surface area contributed by atoms with Gasteiger partial charge in [0, 0.05) is 39.0 Å². The van der Waals surface area contributed by atoms with Gasteiger partial charge in [-0.25, -0.2) is 4.98 Å². The van der Waals surface area contributed by atoms with Gasteiger partial charge in [0.15, 0.2) is 0 Å². The first-order chi connectivity index (χ1) is 19.2. The Morgan fingerprint density at radius 2 is 1.28 bits per heavy atom. The van der Waals surface area contributed by atoms with Crippen molar-refractivity contribution in [3.63, 3.8) is 0 Å². The molecule has 0 radical (unpaired) electrons. The number of imidazole rings is 1. The lowest BCUT2D eigenvalue weighted by Crippen LogP contribution is -2.26. The van der Waals surface area contributed by atoms with Crippen molar-refractivity contribution >= 4 is 83.0 Å². The van der Waals surface area contributed by atoms with E-state index in [9.17, 15) is 0 Å². The number of nitrogens with zero attached hydrogens (tertiary/aromatic N) is 3. The first kappa shape index (κ1) is 22.6. The van der Waals surface area contributed by atoms with Crippen molar-refractivity contribution in [3.8, 4) is 0 Å². The molecule has 3 nitrogen and oxygen atoms in total. The van der Waals surface area contributed by atoms with Crippen LogP contribution >= 0.6 is 6.04 Å². The van der Waals surface area contributed by atoms with Crippen molar-refractivity contribution in [3.05, 3.63) is 134 Å². The largest absolute Gasteiger partial charge is 0.292 e. The Bertz CT molecular complexity index is 2270. The summed E-state index contributed by atoms with van der Waals surface area (Å²) in [5.74, 6) is 0. The lowest BCUT2D eigenvalue weighted by atomic mass is 10.1. The van der Waals surface area contributed by atoms with Gasteiger partial charge in [0.25, 0.3) is 0 Å². The average Bonchev–Trinajstić information content (AvgIpc) is 3.41. The number of fused-ring (bicyclic) bond motifs is 9. The van der Waals surface area contributed by atoms with E-state index in [0.29, 0.717) is 0 Å².